The number of amides is 1. The summed E-state index contributed by atoms with van der Waals surface area (Å²) >= 11 is 0. The van der Waals surface area contributed by atoms with Gasteiger partial charge in [0.1, 0.15) is 5.69 Å². The maximum atomic E-state index is 13.3. The number of aromatic nitrogens is 1. The van der Waals surface area contributed by atoms with Crippen LogP contribution in [-0.2, 0) is 4.74 Å². The van der Waals surface area contributed by atoms with Crippen molar-refractivity contribution in [2.45, 2.75) is 0 Å². The van der Waals surface area contributed by atoms with Crippen LogP contribution in [0.25, 0.3) is 5.52 Å². The van der Waals surface area contributed by atoms with Gasteiger partial charge in [0.2, 0.25) is 5.78 Å². The topological polar surface area (TPSA) is 68.1 Å². The molecule has 0 spiro atoms. The van der Waals surface area contributed by atoms with E-state index in [1.807, 2.05) is 0 Å². The molecule has 1 aliphatic carbocycles. The fourth-order valence-corrected chi connectivity index (χ4v) is 3.94. The number of ether oxygens (including phenoxy) is 1. The zero-order valence-electron chi connectivity index (χ0n) is 14.5. The molecule has 2 aliphatic rings. The number of fused-ring (bicyclic) bond motifs is 4. The summed E-state index contributed by atoms with van der Waals surface area (Å²) < 4.78 is 7.00. The zero-order chi connectivity index (χ0) is 18.5. The van der Waals surface area contributed by atoms with Gasteiger partial charge >= 0.3 is 0 Å². The van der Waals surface area contributed by atoms with Gasteiger partial charge in [0.15, 0.2) is 5.78 Å². The molecule has 1 fully saturated rings. The van der Waals surface area contributed by atoms with Crippen molar-refractivity contribution in [2.24, 2.45) is 0 Å². The molecule has 1 aromatic carbocycles. The van der Waals surface area contributed by atoms with Crippen LogP contribution in [0.3, 0.4) is 0 Å². The molecule has 1 amide bonds. The third-order valence-corrected chi connectivity index (χ3v) is 5.21. The number of benzene rings is 1. The summed E-state index contributed by atoms with van der Waals surface area (Å²) in [7, 11) is 0. The minimum absolute atomic E-state index is 0.210. The van der Waals surface area contributed by atoms with E-state index in [1.54, 1.807) is 58.0 Å². The van der Waals surface area contributed by atoms with Crippen LogP contribution >= 0.6 is 0 Å². The van der Waals surface area contributed by atoms with Crippen LogP contribution in [-0.4, -0.2) is 53.1 Å². The number of carbonyl (C=O) groups is 3. The SMILES string of the molecule is O=C1c2ccccc2C(=O)c2c1c(C(=O)N1CCOCC1)c1ccccn21. The molecule has 3 aromatic rings. The van der Waals surface area contributed by atoms with Crippen LogP contribution in [0, 0.1) is 0 Å². The average molecular weight is 360 g/mol. The molecule has 0 bridgehead atoms. The molecule has 6 nitrogen and oxygen atoms in total. The van der Waals surface area contributed by atoms with E-state index in [-0.39, 0.29) is 28.7 Å². The molecule has 0 saturated carbocycles. The Bertz CT molecular complexity index is 1120. The number of pyridine rings is 1. The molecular formula is C21H16N2O4. The predicted molar refractivity (Wildman–Crippen MR) is 97.4 cm³/mol. The normalized spacial score (nSPS) is 16.4. The van der Waals surface area contributed by atoms with Crippen molar-refractivity contribution in [1.82, 2.24) is 9.30 Å². The molecule has 0 radical (unpaired) electrons. The maximum Gasteiger partial charge on any atom is 0.256 e. The van der Waals surface area contributed by atoms with Crippen molar-refractivity contribution < 1.29 is 19.1 Å². The quantitative estimate of drug-likeness (QED) is 0.522. The summed E-state index contributed by atoms with van der Waals surface area (Å²) in [6, 6.07) is 12.1. The van der Waals surface area contributed by atoms with E-state index in [2.05, 4.69) is 0 Å². The van der Waals surface area contributed by atoms with Crippen LogP contribution in [0.1, 0.15) is 42.3 Å². The first-order valence-corrected chi connectivity index (χ1v) is 8.87. The van der Waals surface area contributed by atoms with Crippen molar-refractivity contribution >= 4 is 23.0 Å². The molecule has 0 unspecified atom stereocenters. The molecule has 0 atom stereocenters. The van der Waals surface area contributed by atoms with Gasteiger partial charge in [-0.3, -0.25) is 14.4 Å². The molecule has 1 saturated heterocycles. The van der Waals surface area contributed by atoms with Gasteiger partial charge in [-0.2, -0.15) is 0 Å². The van der Waals surface area contributed by atoms with Gasteiger partial charge in [0.25, 0.3) is 5.91 Å². The lowest BCUT2D eigenvalue weighted by Gasteiger charge is -2.27. The van der Waals surface area contributed by atoms with Crippen molar-refractivity contribution in [2.75, 3.05) is 26.3 Å². The highest BCUT2D eigenvalue weighted by molar-refractivity contribution is 6.32. The second kappa shape index (κ2) is 5.89. The van der Waals surface area contributed by atoms with Gasteiger partial charge in [-0.1, -0.05) is 30.3 Å². The summed E-state index contributed by atoms with van der Waals surface area (Å²) in [6.45, 7) is 1.87. The smallest absolute Gasteiger partial charge is 0.256 e. The molecule has 2 aromatic heterocycles. The number of rotatable bonds is 1. The number of carbonyl (C=O) groups excluding carboxylic acids is 3. The summed E-state index contributed by atoms with van der Waals surface area (Å²) in [5.41, 5.74) is 2.09. The number of morpholine rings is 1. The Kier molecular flexibility index (Phi) is 3.48. The molecule has 3 heterocycles. The first kappa shape index (κ1) is 16.0. The van der Waals surface area contributed by atoms with E-state index < -0.39 is 0 Å². The van der Waals surface area contributed by atoms with E-state index in [0.717, 1.165) is 0 Å². The first-order chi connectivity index (χ1) is 13.2. The number of nitrogens with zero attached hydrogens (tertiary/aromatic N) is 2. The van der Waals surface area contributed by atoms with Gasteiger partial charge in [-0.25, -0.2) is 0 Å². The molecule has 27 heavy (non-hydrogen) atoms. The second-order valence-corrected chi connectivity index (χ2v) is 6.66. The van der Waals surface area contributed by atoms with Crippen LogP contribution in [0.5, 0.6) is 0 Å². The molecular weight excluding hydrogens is 344 g/mol. The molecule has 5 rings (SSSR count). The highest BCUT2D eigenvalue weighted by atomic mass is 16.5. The summed E-state index contributed by atoms with van der Waals surface area (Å²) in [6.07, 6.45) is 1.73. The van der Waals surface area contributed by atoms with Crippen LogP contribution < -0.4 is 0 Å². The average Bonchev–Trinajstić information content (AvgIpc) is 3.08. The standard InChI is InChI=1S/C21H16N2O4/c24-19-13-5-1-2-6-14(13)20(25)18-17(19)16(15-7-3-4-8-23(15)18)21(26)22-9-11-27-12-10-22/h1-8H,9-12H2. The van der Waals surface area contributed by atoms with E-state index in [9.17, 15) is 14.4 Å². The number of hydrogen-bond donors (Lipinski definition) is 0. The van der Waals surface area contributed by atoms with Crippen LogP contribution in [0.2, 0.25) is 0 Å². The van der Waals surface area contributed by atoms with Crippen molar-refractivity contribution in [3.8, 4) is 0 Å². The van der Waals surface area contributed by atoms with Crippen molar-refractivity contribution in [3.05, 3.63) is 76.6 Å². The summed E-state index contributed by atoms with van der Waals surface area (Å²) in [5, 5.41) is 0. The Morgan fingerprint density at radius 3 is 2.30 bits per heavy atom. The monoisotopic (exact) mass is 360 g/mol. The van der Waals surface area contributed by atoms with Gasteiger partial charge in [0, 0.05) is 30.4 Å². The molecule has 1 aliphatic heterocycles. The maximum absolute atomic E-state index is 13.3. The van der Waals surface area contributed by atoms with Crippen molar-refractivity contribution in [3.63, 3.8) is 0 Å². The second-order valence-electron chi connectivity index (χ2n) is 6.66. The fourth-order valence-electron chi connectivity index (χ4n) is 3.94. The lowest BCUT2D eigenvalue weighted by molar-refractivity contribution is 0.0303. The summed E-state index contributed by atoms with van der Waals surface area (Å²) in [4.78, 5) is 41.4. The van der Waals surface area contributed by atoms with Gasteiger partial charge in [-0.05, 0) is 12.1 Å². The summed E-state index contributed by atoms with van der Waals surface area (Å²) in [5.74, 6) is -0.744. The van der Waals surface area contributed by atoms with E-state index in [0.29, 0.717) is 48.5 Å². The minimum atomic E-state index is -0.277. The van der Waals surface area contributed by atoms with Crippen LogP contribution in [0.15, 0.2) is 48.7 Å². The lowest BCUT2D eigenvalue weighted by Crippen LogP contribution is -2.41. The van der Waals surface area contributed by atoms with Gasteiger partial charge in [0.05, 0.1) is 29.9 Å². The molecule has 134 valence electrons. The highest BCUT2D eigenvalue weighted by Crippen LogP contribution is 2.34. The Balaban J connectivity index is 1.79. The number of hydrogen-bond acceptors (Lipinski definition) is 4. The largest absolute Gasteiger partial charge is 0.378 e. The Morgan fingerprint density at radius 1 is 0.889 bits per heavy atom. The first-order valence-electron chi connectivity index (χ1n) is 8.87. The Morgan fingerprint density at radius 2 is 1.56 bits per heavy atom. The lowest BCUT2D eigenvalue weighted by atomic mass is 9.86. The fraction of sp³-hybridized carbons (Fsp3) is 0.190. The minimum Gasteiger partial charge on any atom is -0.378 e. The zero-order valence-corrected chi connectivity index (χ0v) is 14.5. The van der Waals surface area contributed by atoms with Crippen molar-refractivity contribution in [1.29, 1.82) is 0 Å². The van der Waals surface area contributed by atoms with Crippen LogP contribution in [0.4, 0.5) is 0 Å². The van der Waals surface area contributed by atoms with Gasteiger partial charge < -0.3 is 14.0 Å². The van der Waals surface area contributed by atoms with E-state index in [1.165, 1.54) is 0 Å². The Labute approximate surface area is 155 Å². The molecule has 0 N–H and O–H groups in total. The predicted octanol–water partition coefficient (Wildman–Crippen LogP) is 2.19. The van der Waals surface area contributed by atoms with E-state index >= 15 is 0 Å². The third-order valence-electron chi connectivity index (χ3n) is 5.21. The Hall–Kier alpha value is -3.25. The number of ketones is 2. The highest BCUT2D eigenvalue weighted by Gasteiger charge is 2.38. The van der Waals surface area contributed by atoms with Gasteiger partial charge in [-0.15, -0.1) is 0 Å². The van der Waals surface area contributed by atoms with E-state index in [4.69, 9.17) is 4.74 Å². The third kappa shape index (κ3) is 2.20. The molecule has 6 heteroatoms.